The van der Waals surface area contributed by atoms with E-state index in [1.165, 1.54) is 97.1 Å². The van der Waals surface area contributed by atoms with Gasteiger partial charge in [0.1, 0.15) is 92.0 Å². The van der Waals surface area contributed by atoms with Crippen LogP contribution in [0.2, 0.25) is 0 Å². The van der Waals surface area contributed by atoms with Crippen molar-refractivity contribution in [3.05, 3.63) is 287 Å². The standard InChI is InChI=1S/C80H48N8O16/c89-41-1-17-49(18-2-41)97-65-33-57-58(34-66(65)98-50-19-3-42(90)4-20-50)74-81-73(57)85-75-59-35-67(99-51-21-5-43(91)6-22-51)68(100-52-23-7-44(92)8-24-52)36-60(59)77(82-75)87-79-63-39-71(103-55-29-13-47(95)14-30-55)72(104-56-31-15-48(96)16-32-56)40-64(63)80(84-79)88-78-62-38-70(102-54-27-11-46(94)12-28-54)69(37-61(62)76(83-78)86-74)101-53-25-9-45(93)10-26-53/h1-40,89-96H. The summed E-state index contributed by atoms with van der Waals surface area (Å²) in [6.07, 6.45) is 0. The number of hydrogen-bond donors (Lipinski definition) is 8. The summed E-state index contributed by atoms with van der Waals surface area (Å²) >= 11 is 0. The number of benzene rings is 12. The second-order valence-electron chi connectivity index (χ2n) is 23.6. The third-order valence-corrected chi connectivity index (χ3v) is 16.5. The van der Waals surface area contributed by atoms with Crippen LogP contribution in [0.15, 0.2) is 283 Å². The lowest BCUT2D eigenvalue weighted by Gasteiger charge is -2.16. The second kappa shape index (κ2) is 25.6. The van der Waals surface area contributed by atoms with Crippen LogP contribution in [-0.4, -0.2) is 87.5 Å². The van der Waals surface area contributed by atoms with Gasteiger partial charge < -0.3 is 78.7 Å². The number of ether oxygens (including phenoxy) is 8. The molecular weight excluding hydrogens is 1330 g/mol. The maximum Gasteiger partial charge on any atom is 0.170 e. The van der Waals surface area contributed by atoms with Crippen LogP contribution in [0.1, 0.15) is 44.5 Å². The summed E-state index contributed by atoms with van der Waals surface area (Å²) in [6, 6.07) is 62.0. The first-order chi connectivity index (χ1) is 50.6. The maximum atomic E-state index is 10.4. The number of rotatable bonds is 16. The molecule has 12 aromatic rings. The molecule has 0 spiro atoms. The Morgan fingerprint density at radius 2 is 0.240 bits per heavy atom. The van der Waals surface area contributed by atoms with Crippen LogP contribution < -0.4 is 37.9 Å². The van der Waals surface area contributed by atoms with Crippen molar-refractivity contribution in [1.82, 2.24) is 0 Å². The third kappa shape index (κ3) is 12.6. The lowest BCUT2D eigenvalue weighted by Crippen LogP contribution is -2.05. The molecule has 0 aliphatic carbocycles. The lowest BCUT2D eigenvalue weighted by atomic mass is 10.0. The van der Waals surface area contributed by atoms with Crippen molar-refractivity contribution < 1.29 is 78.7 Å². The Hall–Kier alpha value is -15.2. The lowest BCUT2D eigenvalue weighted by molar-refractivity contribution is 0.416. The van der Waals surface area contributed by atoms with Gasteiger partial charge in [0.2, 0.25) is 0 Å². The molecule has 0 saturated carbocycles. The van der Waals surface area contributed by atoms with Crippen LogP contribution in [0.5, 0.6) is 138 Å². The summed E-state index contributed by atoms with van der Waals surface area (Å²) in [7, 11) is 0. The molecule has 0 radical (unpaired) electrons. The summed E-state index contributed by atoms with van der Waals surface area (Å²) in [5.41, 5.74) is 2.80. The number of aromatic hydroxyl groups is 8. The van der Waals surface area contributed by atoms with Gasteiger partial charge in [-0.1, -0.05) is 0 Å². The van der Waals surface area contributed by atoms with Gasteiger partial charge in [-0.05, 0) is 243 Å². The van der Waals surface area contributed by atoms with Gasteiger partial charge in [0.05, 0.1) is 0 Å². The SMILES string of the molecule is Oc1ccc(Oc2cc3c(cc2Oc2ccc(O)cc2)C2=NC4=NC(=NC5=NC(=NC6=NC(=NC3=N2)c2cc(Oc3ccc(O)cc3)c(Oc3ccc(O)cc3)cc26)c2cc(Oc3ccc(O)cc3)c(Oc3ccc(O)cc3)cc25)c2cc(Oc3ccc(O)cc3)c(Oc3ccc(O)cc3)cc24)cc1. The zero-order chi connectivity index (χ0) is 70.7. The van der Waals surface area contributed by atoms with Crippen molar-refractivity contribution in [2.24, 2.45) is 39.9 Å². The molecule has 0 fully saturated rings. The highest BCUT2D eigenvalue weighted by molar-refractivity contribution is 6.36. The molecule has 104 heavy (non-hydrogen) atoms. The van der Waals surface area contributed by atoms with Crippen LogP contribution in [-0.2, 0) is 0 Å². The van der Waals surface area contributed by atoms with Gasteiger partial charge in [-0.3, -0.25) is 0 Å². The van der Waals surface area contributed by atoms with Crippen molar-refractivity contribution in [3.63, 3.8) is 0 Å². The quantitative estimate of drug-likeness (QED) is 0.0445. The predicted molar refractivity (Wildman–Crippen MR) is 384 cm³/mol. The molecule has 12 aromatic carbocycles. The Kier molecular flexibility index (Phi) is 15.3. The first-order valence-corrected chi connectivity index (χ1v) is 31.8. The average Bonchev–Trinajstić information content (AvgIpc) is 1.59. The van der Waals surface area contributed by atoms with Crippen LogP contribution in [0.3, 0.4) is 0 Å². The van der Waals surface area contributed by atoms with E-state index in [-0.39, 0.29) is 139 Å². The van der Waals surface area contributed by atoms with E-state index in [4.69, 9.17) is 77.8 Å². The first kappa shape index (κ1) is 62.3. The zero-order valence-electron chi connectivity index (χ0n) is 53.5. The van der Waals surface area contributed by atoms with E-state index in [0.717, 1.165) is 0 Å². The molecule has 0 unspecified atom stereocenters. The van der Waals surface area contributed by atoms with E-state index in [1.54, 1.807) is 146 Å². The number of phenolic OH excluding ortho intramolecular Hbond substituents is 8. The molecule has 0 saturated heterocycles. The minimum atomic E-state index is -0.00461. The van der Waals surface area contributed by atoms with Gasteiger partial charge in [-0.2, -0.15) is 0 Å². The predicted octanol–water partition coefficient (Wildman–Crippen LogP) is 16.8. The Morgan fingerprint density at radius 3 is 0.337 bits per heavy atom. The molecule has 24 heteroatoms. The number of hydrogen-bond acceptors (Lipinski definition) is 24. The number of amidine groups is 8. The second-order valence-corrected chi connectivity index (χ2v) is 23.6. The van der Waals surface area contributed by atoms with Gasteiger partial charge >= 0.3 is 0 Å². The fourth-order valence-electron chi connectivity index (χ4n) is 11.5. The smallest absolute Gasteiger partial charge is 0.170 e. The van der Waals surface area contributed by atoms with Gasteiger partial charge in [0.25, 0.3) is 0 Å². The minimum Gasteiger partial charge on any atom is -0.508 e. The topological polar surface area (TPSA) is 335 Å². The van der Waals surface area contributed by atoms with E-state index >= 15 is 0 Å². The number of aliphatic imine (C=N–C) groups is 8. The fraction of sp³-hybridized carbons (Fsp3) is 0. The van der Waals surface area contributed by atoms with Crippen LogP contribution >= 0.6 is 0 Å². The summed E-state index contributed by atoms with van der Waals surface area (Å²) in [4.78, 5) is 42.1. The summed E-state index contributed by atoms with van der Waals surface area (Å²) in [5.74, 6) is 4.06. The molecule has 0 atom stereocenters. The van der Waals surface area contributed by atoms with Crippen molar-refractivity contribution in [2.75, 3.05) is 0 Å². The molecule has 5 aliphatic heterocycles. The van der Waals surface area contributed by atoms with E-state index in [1.807, 2.05) is 0 Å². The summed E-state index contributed by atoms with van der Waals surface area (Å²) < 4.78 is 52.9. The van der Waals surface area contributed by atoms with Gasteiger partial charge in [-0.15, -0.1) is 0 Å². The molecule has 0 aromatic heterocycles. The minimum absolute atomic E-state index is 0.00461. The largest absolute Gasteiger partial charge is 0.508 e. The number of nitrogens with zero attached hydrogens (tertiary/aromatic N) is 8. The molecule has 0 amide bonds. The van der Waals surface area contributed by atoms with Gasteiger partial charge in [0.15, 0.2) is 92.7 Å². The molecule has 8 bridgehead atoms. The Bertz CT molecular complexity index is 5030. The first-order valence-electron chi connectivity index (χ1n) is 31.8. The third-order valence-electron chi connectivity index (χ3n) is 16.5. The fourth-order valence-corrected chi connectivity index (χ4v) is 11.5. The zero-order valence-corrected chi connectivity index (χ0v) is 53.5. The number of phenols is 8. The Labute approximate surface area is 587 Å². The maximum absolute atomic E-state index is 10.4. The Morgan fingerprint density at radius 1 is 0.144 bits per heavy atom. The molecule has 17 rings (SSSR count). The normalized spacial score (nSPS) is 13.4. The molecule has 8 N–H and O–H groups in total. The number of fused-ring (bicyclic) bond motifs is 16. The van der Waals surface area contributed by atoms with Gasteiger partial charge in [-0.25, -0.2) is 39.9 Å². The highest BCUT2D eigenvalue weighted by atomic mass is 16.5. The van der Waals surface area contributed by atoms with Crippen molar-refractivity contribution >= 4 is 46.7 Å². The van der Waals surface area contributed by atoms with Gasteiger partial charge in [0, 0.05) is 44.5 Å². The Balaban J connectivity index is 0.930. The van der Waals surface area contributed by atoms with E-state index in [2.05, 4.69) is 0 Å². The molecule has 24 nitrogen and oxygen atoms in total. The van der Waals surface area contributed by atoms with E-state index < -0.39 is 0 Å². The molecule has 5 heterocycles. The van der Waals surface area contributed by atoms with Crippen LogP contribution in [0.4, 0.5) is 0 Å². The van der Waals surface area contributed by atoms with E-state index in [0.29, 0.717) is 90.5 Å². The molecular formula is C80H48N8O16. The van der Waals surface area contributed by atoms with Crippen molar-refractivity contribution in [3.8, 4) is 138 Å². The average molecular weight is 1380 g/mol. The van der Waals surface area contributed by atoms with Crippen LogP contribution in [0.25, 0.3) is 0 Å². The highest BCUT2D eigenvalue weighted by Gasteiger charge is 2.36. The van der Waals surface area contributed by atoms with Crippen LogP contribution in [0, 0.1) is 0 Å². The van der Waals surface area contributed by atoms with E-state index in [9.17, 15) is 40.9 Å². The summed E-state index contributed by atoms with van der Waals surface area (Å²) in [6.45, 7) is 0. The van der Waals surface area contributed by atoms with Crippen molar-refractivity contribution in [1.29, 1.82) is 0 Å². The highest BCUT2D eigenvalue weighted by Crippen LogP contribution is 2.47. The summed E-state index contributed by atoms with van der Waals surface area (Å²) in [5, 5.41) is 82.8. The molecule has 5 aliphatic rings. The van der Waals surface area contributed by atoms with Crippen molar-refractivity contribution in [2.45, 2.75) is 0 Å². The monoisotopic (exact) mass is 1380 g/mol. The molecule has 504 valence electrons.